The first-order chi connectivity index (χ1) is 11.8. The van der Waals surface area contributed by atoms with Crippen LogP contribution in [0.4, 0.5) is 5.00 Å². The number of anilines is 1. The first kappa shape index (κ1) is 18.4. The van der Waals surface area contributed by atoms with Crippen LogP contribution in [0.3, 0.4) is 0 Å². The number of thiophene rings is 1. The summed E-state index contributed by atoms with van der Waals surface area (Å²) in [4.78, 5) is 25.7. The Hall–Kier alpha value is -1.41. The molecule has 2 heterocycles. The molecule has 2 aliphatic rings. The Kier molecular flexibility index (Phi) is 5.20. The van der Waals surface area contributed by atoms with E-state index in [-0.39, 0.29) is 29.8 Å². The standard InChI is InChI=1S/C17H23NO5S2/c1-10-3-4-12-13(7-10)24-16(15(12)17(20)23-2)18-14(19)8-11-5-6-25(21,22)9-11/h10-11H,3-9H2,1-2H3,(H,18,19). The molecule has 1 aromatic heterocycles. The number of methoxy groups -OCH3 is 1. The van der Waals surface area contributed by atoms with Gasteiger partial charge in [0.15, 0.2) is 9.84 Å². The predicted octanol–water partition coefficient (Wildman–Crippen LogP) is 2.42. The van der Waals surface area contributed by atoms with Crippen LogP contribution in [0.25, 0.3) is 0 Å². The van der Waals surface area contributed by atoms with Gasteiger partial charge in [0.1, 0.15) is 5.00 Å². The Bertz CT molecular complexity index is 796. The highest BCUT2D eigenvalue weighted by molar-refractivity contribution is 7.91. The zero-order valence-corrected chi connectivity index (χ0v) is 16.1. The van der Waals surface area contributed by atoms with Crippen molar-refractivity contribution >= 4 is 38.1 Å². The van der Waals surface area contributed by atoms with Gasteiger partial charge in [-0.25, -0.2) is 13.2 Å². The summed E-state index contributed by atoms with van der Waals surface area (Å²) < 4.78 is 28.0. The topological polar surface area (TPSA) is 89.5 Å². The van der Waals surface area contributed by atoms with Crippen molar-refractivity contribution in [1.82, 2.24) is 0 Å². The quantitative estimate of drug-likeness (QED) is 0.804. The summed E-state index contributed by atoms with van der Waals surface area (Å²) in [5.74, 6) is -0.0125. The van der Waals surface area contributed by atoms with E-state index in [4.69, 9.17) is 4.74 Å². The molecular formula is C17H23NO5S2. The second-order valence-electron chi connectivity index (χ2n) is 7.07. The molecule has 1 aliphatic carbocycles. The second-order valence-corrected chi connectivity index (χ2v) is 10.4. The monoisotopic (exact) mass is 385 g/mol. The first-order valence-electron chi connectivity index (χ1n) is 8.52. The molecule has 1 fully saturated rings. The largest absolute Gasteiger partial charge is 0.465 e. The lowest BCUT2D eigenvalue weighted by Crippen LogP contribution is -2.19. The van der Waals surface area contributed by atoms with Crippen LogP contribution in [0, 0.1) is 11.8 Å². The molecule has 0 saturated carbocycles. The third kappa shape index (κ3) is 4.06. The highest BCUT2D eigenvalue weighted by atomic mass is 32.2. The Morgan fingerprint density at radius 1 is 1.32 bits per heavy atom. The molecule has 1 amide bonds. The van der Waals surface area contributed by atoms with Crippen molar-refractivity contribution in [2.24, 2.45) is 11.8 Å². The van der Waals surface area contributed by atoms with Gasteiger partial charge in [0, 0.05) is 11.3 Å². The minimum Gasteiger partial charge on any atom is -0.465 e. The smallest absolute Gasteiger partial charge is 0.341 e. The van der Waals surface area contributed by atoms with Crippen molar-refractivity contribution in [3.63, 3.8) is 0 Å². The minimum absolute atomic E-state index is 0.0722. The molecule has 25 heavy (non-hydrogen) atoms. The van der Waals surface area contributed by atoms with Gasteiger partial charge in [0.25, 0.3) is 0 Å². The third-order valence-electron chi connectivity index (χ3n) is 4.95. The average Bonchev–Trinajstić information content (AvgIpc) is 3.05. The Morgan fingerprint density at radius 3 is 2.72 bits per heavy atom. The molecule has 2 unspecified atom stereocenters. The van der Waals surface area contributed by atoms with Gasteiger partial charge in [-0.1, -0.05) is 6.92 Å². The molecule has 0 spiro atoms. The van der Waals surface area contributed by atoms with Crippen LogP contribution in [0.2, 0.25) is 0 Å². The molecule has 8 heteroatoms. The molecule has 0 aromatic carbocycles. The van der Waals surface area contributed by atoms with E-state index >= 15 is 0 Å². The zero-order chi connectivity index (χ0) is 18.2. The van der Waals surface area contributed by atoms with Crippen molar-refractivity contribution in [1.29, 1.82) is 0 Å². The lowest BCUT2D eigenvalue weighted by atomic mass is 9.88. The average molecular weight is 386 g/mol. The molecule has 138 valence electrons. The lowest BCUT2D eigenvalue weighted by molar-refractivity contribution is -0.116. The van der Waals surface area contributed by atoms with Crippen LogP contribution in [-0.2, 0) is 32.2 Å². The number of hydrogen-bond donors (Lipinski definition) is 1. The number of nitrogens with one attached hydrogen (secondary N) is 1. The summed E-state index contributed by atoms with van der Waals surface area (Å²) >= 11 is 1.44. The maximum absolute atomic E-state index is 12.4. The van der Waals surface area contributed by atoms with E-state index in [2.05, 4.69) is 12.2 Å². The molecule has 1 aliphatic heterocycles. The minimum atomic E-state index is -3.00. The van der Waals surface area contributed by atoms with Crippen LogP contribution in [0.5, 0.6) is 0 Å². The van der Waals surface area contributed by atoms with Gasteiger partial charge < -0.3 is 10.1 Å². The number of hydrogen-bond acceptors (Lipinski definition) is 6. The van der Waals surface area contributed by atoms with Crippen LogP contribution < -0.4 is 5.32 Å². The summed E-state index contributed by atoms with van der Waals surface area (Å²) in [6.45, 7) is 2.18. The number of esters is 1. The fourth-order valence-electron chi connectivity index (χ4n) is 3.63. The van der Waals surface area contributed by atoms with E-state index in [1.165, 1.54) is 18.4 Å². The van der Waals surface area contributed by atoms with E-state index in [1.807, 2.05) is 0 Å². The molecular weight excluding hydrogens is 362 g/mol. The molecule has 1 aromatic rings. The number of fused-ring (bicyclic) bond motifs is 1. The summed E-state index contributed by atoms with van der Waals surface area (Å²) in [6.07, 6.45) is 3.42. The van der Waals surface area contributed by atoms with Crippen molar-refractivity contribution in [3.8, 4) is 0 Å². The molecule has 0 bridgehead atoms. The highest BCUT2D eigenvalue weighted by Gasteiger charge is 2.31. The number of carbonyl (C=O) groups excluding carboxylic acids is 2. The number of amides is 1. The summed E-state index contributed by atoms with van der Waals surface area (Å²) in [5.41, 5.74) is 1.47. The maximum atomic E-state index is 12.4. The van der Waals surface area contributed by atoms with Crippen molar-refractivity contribution < 1.29 is 22.7 Å². The number of ether oxygens (including phenoxy) is 1. The molecule has 0 radical (unpaired) electrons. The fourth-order valence-corrected chi connectivity index (χ4v) is 6.91. The normalized spacial score (nSPS) is 24.6. The van der Waals surface area contributed by atoms with Crippen LogP contribution in [-0.4, -0.2) is 38.9 Å². The number of carbonyl (C=O) groups is 2. The molecule has 6 nitrogen and oxygen atoms in total. The Labute approximate surface area is 151 Å². The zero-order valence-electron chi connectivity index (χ0n) is 14.5. The summed E-state index contributed by atoms with van der Waals surface area (Å²) in [7, 11) is -1.66. The van der Waals surface area contributed by atoms with Gasteiger partial charge in [-0.3, -0.25) is 4.79 Å². The van der Waals surface area contributed by atoms with E-state index in [0.717, 1.165) is 29.7 Å². The van der Waals surface area contributed by atoms with E-state index < -0.39 is 15.8 Å². The van der Waals surface area contributed by atoms with Crippen LogP contribution in [0.1, 0.15) is 47.0 Å². The fraction of sp³-hybridized carbons (Fsp3) is 0.647. The van der Waals surface area contributed by atoms with Gasteiger partial charge in [0.05, 0.1) is 24.2 Å². The van der Waals surface area contributed by atoms with E-state index in [9.17, 15) is 18.0 Å². The molecule has 2 atom stereocenters. The van der Waals surface area contributed by atoms with Gasteiger partial charge in [-0.15, -0.1) is 11.3 Å². The summed E-state index contributed by atoms with van der Waals surface area (Å²) in [6, 6.07) is 0. The number of rotatable bonds is 4. The van der Waals surface area contributed by atoms with Crippen molar-refractivity contribution in [2.75, 3.05) is 23.9 Å². The lowest BCUT2D eigenvalue weighted by Gasteiger charge is -2.18. The van der Waals surface area contributed by atoms with E-state index in [1.54, 1.807) is 0 Å². The number of sulfone groups is 1. The Balaban J connectivity index is 1.77. The van der Waals surface area contributed by atoms with Gasteiger partial charge in [-0.05, 0) is 43.1 Å². The molecule has 1 saturated heterocycles. The van der Waals surface area contributed by atoms with Crippen molar-refractivity contribution in [2.45, 2.75) is 39.0 Å². The van der Waals surface area contributed by atoms with E-state index in [0.29, 0.717) is 22.9 Å². The molecule has 1 N–H and O–H groups in total. The molecule has 3 rings (SSSR count). The SMILES string of the molecule is COC(=O)c1c(NC(=O)CC2CCS(=O)(=O)C2)sc2c1CCC(C)C2. The van der Waals surface area contributed by atoms with Gasteiger partial charge >= 0.3 is 5.97 Å². The van der Waals surface area contributed by atoms with Crippen LogP contribution in [0.15, 0.2) is 0 Å². The van der Waals surface area contributed by atoms with Gasteiger partial charge in [-0.2, -0.15) is 0 Å². The predicted molar refractivity (Wildman–Crippen MR) is 96.9 cm³/mol. The van der Waals surface area contributed by atoms with Crippen LogP contribution >= 0.6 is 11.3 Å². The Morgan fingerprint density at radius 2 is 2.08 bits per heavy atom. The third-order valence-corrected chi connectivity index (χ3v) is 7.96. The van der Waals surface area contributed by atoms with Crippen molar-refractivity contribution in [3.05, 3.63) is 16.0 Å². The summed E-state index contributed by atoms with van der Waals surface area (Å²) in [5, 5.41) is 3.37. The second kappa shape index (κ2) is 7.07. The van der Waals surface area contributed by atoms with Gasteiger partial charge in [0.2, 0.25) is 5.91 Å². The first-order valence-corrected chi connectivity index (χ1v) is 11.2. The highest BCUT2D eigenvalue weighted by Crippen LogP contribution is 2.40. The maximum Gasteiger partial charge on any atom is 0.341 e.